The number of carboxylic acid groups (broad SMARTS) is 2. The predicted octanol–water partition coefficient (Wildman–Crippen LogP) is -0.795. The van der Waals surface area contributed by atoms with Crippen molar-refractivity contribution in [2.24, 2.45) is 0 Å². The number of hydrogen-bond acceptors (Lipinski definition) is 5. The van der Waals surface area contributed by atoms with Gasteiger partial charge in [0.1, 0.15) is 0 Å². The lowest BCUT2D eigenvalue weighted by atomic mass is 10.5. The second-order valence-electron chi connectivity index (χ2n) is 3.98. The van der Waals surface area contributed by atoms with Gasteiger partial charge in [0.05, 0.1) is 25.7 Å². The van der Waals surface area contributed by atoms with Crippen molar-refractivity contribution in [2.45, 2.75) is 0 Å². The van der Waals surface area contributed by atoms with Gasteiger partial charge in [-0.3, -0.25) is 19.1 Å². The van der Waals surface area contributed by atoms with Crippen molar-refractivity contribution in [3.8, 4) is 0 Å². The van der Waals surface area contributed by atoms with Crippen LogP contribution in [0.1, 0.15) is 0 Å². The number of nitrogens with zero attached hydrogens (tertiary/aromatic N) is 2. The van der Waals surface area contributed by atoms with Crippen molar-refractivity contribution in [1.82, 2.24) is 9.80 Å². The summed E-state index contributed by atoms with van der Waals surface area (Å²) in [6, 6.07) is 0. The fraction of sp³-hybridized carbons (Fsp3) is 0.750. The van der Waals surface area contributed by atoms with Gasteiger partial charge in [-0.1, -0.05) is 0 Å². The first-order valence-electron chi connectivity index (χ1n) is 4.74. The highest BCUT2D eigenvalue weighted by atomic mass is 31.2. The molecule has 0 radical (unpaired) electrons. The molecule has 0 heterocycles. The molecule has 0 bridgehead atoms. The van der Waals surface area contributed by atoms with Crippen LogP contribution in [-0.4, -0.2) is 76.6 Å². The quantitative estimate of drug-likeness (QED) is 0.490. The van der Waals surface area contributed by atoms with E-state index in [1.165, 1.54) is 4.90 Å². The molecule has 0 saturated heterocycles. The third-order valence-electron chi connectivity index (χ3n) is 1.64. The summed E-state index contributed by atoms with van der Waals surface area (Å²) in [7, 11) is -0.394. The van der Waals surface area contributed by atoms with E-state index in [1.54, 1.807) is 14.1 Å². The Kier molecular flexibility index (Phi) is 6.33. The van der Waals surface area contributed by atoms with Gasteiger partial charge in [0.15, 0.2) is 0 Å². The maximum absolute atomic E-state index is 11.7. The molecule has 8 nitrogen and oxygen atoms in total. The van der Waals surface area contributed by atoms with Gasteiger partial charge >= 0.3 is 11.9 Å². The zero-order chi connectivity index (χ0) is 13.6. The van der Waals surface area contributed by atoms with Crippen LogP contribution in [-0.2, 0) is 14.2 Å². The fourth-order valence-electron chi connectivity index (χ4n) is 1.34. The first-order valence-corrected chi connectivity index (χ1v) is 6.77. The summed E-state index contributed by atoms with van der Waals surface area (Å²) in [5.41, 5.74) is 0. The van der Waals surface area contributed by atoms with Crippen molar-refractivity contribution in [1.29, 1.82) is 0 Å². The largest absolute Gasteiger partial charge is 0.480 e. The minimum absolute atomic E-state index is 0.122. The van der Waals surface area contributed by atoms with E-state index >= 15 is 0 Å². The zero-order valence-corrected chi connectivity index (χ0v) is 10.6. The number of carboxylic acids is 2. The van der Waals surface area contributed by atoms with Crippen LogP contribution in [0.2, 0.25) is 0 Å². The Labute approximate surface area is 98.9 Å². The molecule has 0 aliphatic heterocycles. The number of rotatable bonds is 8. The molecule has 0 aliphatic carbocycles. The highest BCUT2D eigenvalue weighted by Gasteiger charge is 2.25. The molecule has 0 aromatic heterocycles. The van der Waals surface area contributed by atoms with Gasteiger partial charge in [-0.2, -0.15) is 0 Å². The normalized spacial score (nSPS) is 14.9. The van der Waals surface area contributed by atoms with E-state index in [2.05, 4.69) is 0 Å². The smallest absolute Gasteiger partial charge is 0.317 e. The lowest BCUT2D eigenvalue weighted by Crippen LogP contribution is -2.36. The van der Waals surface area contributed by atoms with E-state index in [-0.39, 0.29) is 6.29 Å². The average molecular weight is 268 g/mol. The van der Waals surface area contributed by atoms with E-state index in [9.17, 15) is 19.0 Å². The van der Waals surface area contributed by atoms with Crippen LogP contribution in [0.25, 0.3) is 0 Å². The van der Waals surface area contributed by atoms with Crippen LogP contribution >= 0.6 is 7.37 Å². The van der Waals surface area contributed by atoms with E-state index in [0.29, 0.717) is 0 Å². The summed E-state index contributed by atoms with van der Waals surface area (Å²) >= 11 is 0. The fourth-order valence-corrected chi connectivity index (χ4v) is 3.14. The van der Waals surface area contributed by atoms with Crippen LogP contribution in [0.5, 0.6) is 0 Å². The standard InChI is InChI=1S/C8H17N2O6P/c1-9(2)5-17(15,16)6-10(3-7(11)12)4-8(13)14/h3-6H2,1-2H3,(H,11,12)(H,13,14)(H,15,16). The van der Waals surface area contributed by atoms with Crippen molar-refractivity contribution in [3.63, 3.8) is 0 Å². The Bertz CT molecular complexity index is 316. The summed E-state index contributed by atoms with van der Waals surface area (Å²) in [6.45, 7) is -1.16. The van der Waals surface area contributed by atoms with E-state index in [4.69, 9.17) is 10.2 Å². The Morgan fingerprint density at radius 2 is 1.47 bits per heavy atom. The van der Waals surface area contributed by atoms with Gasteiger partial charge in [0.2, 0.25) is 7.37 Å². The summed E-state index contributed by atoms with van der Waals surface area (Å²) in [4.78, 5) is 32.9. The molecule has 0 rings (SSSR count). The van der Waals surface area contributed by atoms with Crippen molar-refractivity contribution in [2.75, 3.05) is 39.8 Å². The Hall–Kier alpha value is -0.950. The minimum atomic E-state index is -3.59. The molecule has 0 fully saturated rings. The third-order valence-corrected chi connectivity index (χ3v) is 3.49. The van der Waals surface area contributed by atoms with Crippen molar-refractivity contribution >= 4 is 19.3 Å². The molecule has 1 unspecified atom stereocenters. The summed E-state index contributed by atoms with van der Waals surface area (Å²) in [5, 5.41) is 17.1. The van der Waals surface area contributed by atoms with Gasteiger partial charge in [0, 0.05) is 0 Å². The van der Waals surface area contributed by atoms with Crippen molar-refractivity contribution in [3.05, 3.63) is 0 Å². The maximum Gasteiger partial charge on any atom is 0.317 e. The summed E-state index contributed by atoms with van der Waals surface area (Å²) in [5.74, 6) is -2.48. The second-order valence-corrected chi connectivity index (χ2v) is 6.24. The van der Waals surface area contributed by atoms with Gasteiger partial charge in [-0.25, -0.2) is 0 Å². The Morgan fingerprint density at radius 1 is 1.06 bits per heavy atom. The molecule has 0 amide bonds. The lowest BCUT2D eigenvalue weighted by Gasteiger charge is -2.23. The number of carbonyl (C=O) groups is 2. The van der Waals surface area contributed by atoms with Gasteiger partial charge in [-0.15, -0.1) is 0 Å². The Balaban J connectivity index is 4.55. The molecule has 1 atom stereocenters. The van der Waals surface area contributed by atoms with Crippen LogP contribution in [0.3, 0.4) is 0 Å². The van der Waals surface area contributed by atoms with Crippen LogP contribution in [0.4, 0.5) is 0 Å². The van der Waals surface area contributed by atoms with Gasteiger partial charge in [-0.05, 0) is 14.1 Å². The average Bonchev–Trinajstić information content (AvgIpc) is 1.95. The molecule has 3 N–H and O–H groups in total. The molecule has 0 saturated carbocycles. The van der Waals surface area contributed by atoms with E-state index < -0.39 is 38.7 Å². The minimum Gasteiger partial charge on any atom is -0.480 e. The molecule has 0 aromatic rings. The maximum atomic E-state index is 11.7. The molecule has 0 aliphatic rings. The topological polar surface area (TPSA) is 118 Å². The van der Waals surface area contributed by atoms with Crippen LogP contribution in [0, 0.1) is 0 Å². The number of hydrogen-bond donors (Lipinski definition) is 3. The van der Waals surface area contributed by atoms with Crippen LogP contribution < -0.4 is 0 Å². The number of aliphatic carboxylic acids is 2. The molecule has 100 valence electrons. The van der Waals surface area contributed by atoms with Gasteiger partial charge < -0.3 is 20.0 Å². The predicted molar refractivity (Wildman–Crippen MR) is 60.1 cm³/mol. The molecular formula is C8H17N2O6P. The molecule has 9 heteroatoms. The van der Waals surface area contributed by atoms with Crippen molar-refractivity contribution < 1.29 is 29.3 Å². The first kappa shape index (κ1) is 16.1. The van der Waals surface area contributed by atoms with Crippen LogP contribution in [0.15, 0.2) is 0 Å². The monoisotopic (exact) mass is 268 g/mol. The summed E-state index contributed by atoms with van der Waals surface area (Å²) < 4.78 is 11.7. The summed E-state index contributed by atoms with van der Waals surface area (Å²) in [6.07, 6.45) is -0.577. The molecule has 0 aromatic carbocycles. The molecule has 17 heavy (non-hydrogen) atoms. The molecule has 0 spiro atoms. The highest BCUT2D eigenvalue weighted by Crippen LogP contribution is 2.40. The van der Waals surface area contributed by atoms with E-state index in [0.717, 1.165) is 4.90 Å². The zero-order valence-electron chi connectivity index (χ0n) is 9.74. The highest BCUT2D eigenvalue weighted by molar-refractivity contribution is 7.57. The molecular weight excluding hydrogens is 251 g/mol. The first-order chi connectivity index (χ1) is 7.62. The Morgan fingerprint density at radius 3 is 1.76 bits per heavy atom. The lowest BCUT2D eigenvalue weighted by molar-refractivity contribution is -0.141. The third kappa shape index (κ3) is 8.82. The SMILES string of the molecule is CN(C)CP(=O)(O)CN(CC(=O)O)CC(=O)O. The second kappa shape index (κ2) is 6.70. The van der Waals surface area contributed by atoms with E-state index in [1.807, 2.05) is 0 Å². The van der Waals surface area contributed by atoms with Gasteiger partial charge in [0.25, 0.3) is 0 Å².